The van der Waals surface area contributed by atoms with Crippen molar-refractivity contribution in [2.24, 2.45) is 4.99 Å². The third-order valence-electron chi connectivity index (χ3n) is 3.47. The molecular formula is C17H23ClN4O. The second-order valence-corrected chi connectivity index (χ2v) is 5.97. The fourth-order valence-electron chi connectivity index (χ4n) is 2.09. The van der Waals surface area contributed by atoms with E-state index in [1.807, 2.05) is 30.3 Å². The summed E-state index contributed by atoms with van der Waals surface area (Å²) in [5, 5.41) is 11.3. The van der Waals surface area contributed by atoms with Gasteiger partial charge < -0.3 is 15.2 Å². The first kappa shape index (κ1) is 17.3. The molecule has 124 valence electrons. The molecule has 0 atom stereocenters. The summed E-state index contributed by atoms with van der Waals surface area (Å²) in [6, 6.07) is 9.82. The standard InChI is InChI=1S/C17H23ClN4O/c1-12(2)16-10-14(23-22-16)11-21-17(19-3)20-9-8-13-6-4-5-7-15(13)18/h4-7,10,12H,8-9,11H2,1-3H3,(H2,19,20,21). The van der Waals surface area contributed by atoms with Crippen molar-refractivity contribution in [3.8, 4) is 0 Å². The Balaban J connectivity index is 1.78. The molecule has 2 rings (SSSR count). The second kappa shape index (κ2) is 8.58. The largest absolute Gasteiger partial charge is 0.359 e. The number of nitrogens with one attached hydrogen (secondary N) is 2. The normalized spacial score (nSPS) is 11.8. The van der Waals surface area contributed by atoms with Crippen LogP contribution in [0.15, 0.2) is 39.8 Å². The lowest BCUT2D eigenvalue weighted by Crippen LogP contribution is -2.37. The van der Waals surface area contributed by atoms with Crippen LogP contribution in [0.5, 0.6) is 0 Å². The van der Waals surface area contributed by atoms with Crippen molar-refractivity contribution in [3.63, 3.8) is 0 Å². The topological polar surface area (TPSA) is 62.5 Å². The third kappa shape index (κ3) is 5.28. The van der Waals surface area contributed by atoms with Crippen LogP contribution < -0.4 is 10.6 Å². The van der Waals surface area contributed by atoms with Gasteiger partial charge in [-0.05, 0) is 24.0 Å². The number of hydrogen-bond acceptors (Lipinski definition) is 3. The van der Waals surface area contributed by atoms with Gasteiger partial charge in [0.15, 0.2) is 11.7 Å². The molecule has 2 N–H and O–H groups in total. The molecule has 0 saturated carbocycles. The molecule has 0 aliphatic carbocycles. The van der Waals surface area contributed by atoms with Gasteiger partial charge in [0.05, 0.1) is 12.2 Å². The van der Waals surface area contributed by atoms with Crippen LogP contribution in [-0.2, 0) is 13.0 Å². The maximum atomic E-state index is 6.15. The molecule has 1 heterocycles. The number of hydrogen-bond donors (Lipinski definition) is 2. The van der Waals surface area contributed by atoms with Gasteiger partial charge in [-0.25, -0.2) is 0 Å². The van der Waals surface area contributed by atoms with E-state index >= 15 is 0 Å². The predicted octanol–water partition coefficient (Wildman–Crippen LogP) is 3.36. The molecular weight excluding hydrogens is 312 g/mol. The summed E-state index contributed by atoms with van der Waals surface area (Å²) in [7, 11) is 1.74. The lowest BCUT2D eigenvalue weighted by atomic mass is 10.1. The van der Waals surface area contributed by atoms with E-state index in [1.165, 1.54) is 0 Å². The molecule has 0 radical (unpaired) electrons. The van der Waals surface area contributed by atoms with Crippen LogP contribution in [0.3, 0.4) is 0 Å². The highest BCUT2D eigenvalue weighted by Gasteiger charge is 2.08. The van der Waals surface area contributed by atoms with Crippen molar-refractivity contribution < 1.29 is 4.52 Å². The average molecular weight is 335 g/mol. The quantitative estimate of drug-likeness (QED) is 0.628. The SMILES string of the molecule is CN=C(NCCc1ccccc1Cl)NCc1cc(C(C)C)no1. The van der Waals surface area contributed by atoms with Gasteiger partial charge in [-0.1, -0.05) is 48.8 Å². The van der Waals surface area contributed by atoms with Crippen LogP contribution >= 0.6 is 11.6 Å². The zero-order valence-electron chi connectivity index (χ0n) is 13.8. The summed E-state index contributed by atoms with van der Waals surface area (Å²) in [6.45, 7) is 5.47. The van der Waals surface area contributed by atoms with Crippen LogP contribution in [0, 0.1) is 0 Å². The van der Waals surface area contributed by atoms with Gasteiger partial charge in [-0.15, -0.1) is 0 Å². The Morgan fingerprint density at radius 1 is 1.30 bits per heavy atom. The van der Waals surface area contributed by atoms with E-state index in [1.54, 1.807) is 7.05 Å². The summed E-state index contributed by atoms with van der Waals surface area (Å²) in [6.07, 6.45) is 0.834. The fraction of sp³-hybridized carbons (Fsp3) is 0.412. The van der Waals surface area contributed by atoms with E-state index in [0.717, 1.165) is 41.0 Å². The lowest BCUT2D eigenvalue weighted by Gasteiger charge is -2.11. The van der Waals surface area contributed by atoms with Crippen molar-refractivity contribution in [1.82, 2.24) is 15.8 Å². The van der Waals surface area contributed by atoms with E-state index in [-0.39, 0.29) is 0 Å². The van der Waals surface area contributed by atoms with Crippen molar-refractivity contribution in [2.75, 3.05) is 13.6 Å². The zero-order chi connectivity index (χ0) is 16.7. The number of aromatic nitrogens is 1. The fourth-order valence-corrected chi connectivity index (χ4v) is 2.32. The van der Waals surface area contributed by atoms with Crippen molar-refractivity contribution >= 4 is 17.6 Å². The highest BCUT2D eigenvalue weighted by atomic mass is 35.5. The Morgan fingerprint density at radius 2 is 2.09 bits per heavy atom. The van der Waals surface area contributed by atoms with Gasteiger partial charge in [0.1, 0.15) is 0 Å². The summed E-state index contributed by atoms with van der Waals surface area (Å²) in [5.41, 5.74) is 2.08. The number of aliphatic imine (C=N–C) groups is 1. The molecule has 1 aromatic heterocycles. The zero-order valence-corrected chi connectivity index (χ0v) is 14.5. The minimum Gasteiger partial charge on any atom is -0.359 e. The van der Waals surface area contributed by atoms with Crippen LogP contribution in [0.2, 0.25) is 5.02 Å². The van der Waals surface area contributed by atoms with Crippen LogP contribution in [0.1, 0.15) is 36.8 Å². The minimum atomic E-state index is 0.362. The van der Waals surface area contributed by atoms with Gasteiger partial charge in [0, 0.05) is 24.7 Å². The average Bonchev–Trinajstić information content (AvgIpc) is 3.01. The Labute approximate surface area is 142 Å². The van der Waals surface area contributed by atoms with Gasteiger partial charge >= 0.3 is 0 Å². The van der Waals surface area contributed by atoms with E-state index in [9.17, 15) is 0 Å². The minimum absolute atomic E-state index is 0.362. The monoisotopic (exact) mass is 334 g/mol. The van der Waals surface area contributed by atoms with Crippen molar-refractivity contribution in [2.45, 2.75) is 32.7 Å². The van der Waals surface area contributed by atoms with Crippen molar-refractivity contribution in [3.05, 3.63) is 52.4 Å². The van der Waals surface area contributed by atoms with Gasteiger partial charge in [-0.3, -0.25) is 4.99 Å². The smallest absolute Gasteiger partial charge is 0.191 e. The van der Waals surface area contributed by atoms with E-state index < -0.39 is 0 Å². The molecule has 5 nitrogen and oxygen atoms in total. The molecule has 23 heavy (non-hydrogen) atoms. The molecule has 1 aromatic carbocycles. The molecule has 0 aliphatic rings. The maximum absolute atomic E-state index is 6.15. The number of halogens is 1. The Morgan fingerprint density at radius 3 is 2.74 bits per heavy atom. The first-order valence-electron chi connectivity index (χ1n) is 7.73. The van der Waals surface area contributed by atoms with Gasteiger partial charge in [0.2, 0.25) is 0 Å². The van der Waals surface area contributed by atoms with Crippen molar-refractivity contribution in [1.29, 1.82) is 0 Å². The molecule has 0 amide bonds. The summed E-state index contributed by atoms with van der Waals surface area (Å²) in [4.78, 5) is 4.20. The lowest BCUT2D eigenvalue weighted by molar-refractivity contribution is 0.372. The van der Waals surface area contributed by atoms with Gasteiger partial charge in [0.25, 0.3) is 0 Å². The molecule has 0 aliphatic heterocycles. The predicted molar refractivity (Wildman–Crippen MR) is 93.9 cm³/mol. The highest BCUT2D eigenvalue weighted by molar-refractivity contribution is 6.31. The van der Waals surface area contributed by atoms with E-state index in [0.29, 0.717) is 12.5 Å². The van der Waals surface area contributed by atoms with Crippen LogP contribution in [0.4, 0.5) is 0 Å². The Kier molecular flexibility index (Phi) is 6.47. The Bertz CT molecular complexity index is 652. The molecule has 0 fully saturated rings. The summed E-state index contributed by atoms with van der Waals surface area (Å²) >= 11 is 6.15. The Hall–Kier alpha value is -2.01. The molecule has 2 aromatic rings. The van der Waals surface area contributed by atoms with Crippen LogP contribution in [-0.4, -0.2) is 24.7 Å². The summed E-state index contributed by atoms with van der Waals surface area (Å²) < 4.78 is 5.30. The summed E-state index contributed by atoms with van der Waals surface area (Å²) in [5.74, 6) is 1.88. The number of nitrogens with zero attached hydrogens (tertiary/aromatic N) is 2. The number of benzene rings is 1. The van der Waals surface area contributed by atoms with E-state index in [4.69, 9.17) is 16.1 Å². The molecule has 0 spiro atoms. The van der Waals surface area contributed by atoms with E-state index in [2.05, 4.69) is 34.6 Å². The molecule has 0 bridgehead atoms. The number of guanidine groups is 1. The maximum Gasteiger partial charge on any atom is 0.191 e. The third-order valence-corrected chi connectivity index (χ3v) is 3.84. The first-order chi connectivity index (χ1) is 11.1. The van der Waals surface area contributed by atoms with Gasteiger partial charge in [-0.2, -0.15) is 0 Å². The van der Waals surface area contributed by atoms with Crippen LogP contribution in [0.25, 0.3) is 0 Å². The first-order valence-corrected chi connectivity index (χ1v) is 8.11. The second-order valence-electron chi connectivity index (χ2n) is 5.57. The highest BCUT2D eigenvalue weighted by Crippen LogP contribution is 2.15. The number of rotatable bonds is 6. The molecule has 6 heteroatoms. The molecule has 0 saturated heterocycles. The molecule has 0 unspecified atom stereocenters.